The van der Waals surface area contributed by atoms with Gasteiger partial charge in [0.15, 0.2) is 8.46 Å². The van der Waals surface area contributed by atoms with Crippen LogP contribution in [-0.2, 0) is 72.6 Å². The van der Waals surface area contributed by atoms with Gasteiger partial charge in [-0.3, -0.25) is 4.57 Å². The van der Waals surface area contributed by atoms with Crippen molar-refractivity contribution in [1.82, 2.24) is 0 Å². The molecule has 2 saturated heterocycles. The van der Waals surface area contributed by atoms with Gasteiger partial charge >= 0.3 is 0 Å². The normalized spacial score (nSPS) is 38.3. The Balaban J connectivity index is 0. The first-order valence-electron chi connectivity index (χ1n) is 9.44. The molecular weight excluding hydrogens is 607 g/mol. The monoisotopic (exact) mass is 642 g/mol. The van der Waals surface area contributed by atoms with E-state index < -0.39 is 0 Å². The Morgan fingerprint density at radius 3 is 2.04 bits per heavy atom. The fourth-order valence-electron chi connectivity index (χ4n) is 3.57. The minimum Gasteiger partial charge on any atom is -0.404 e. The van der Waals surface area contributed by atoms with Crippen molar-refractivity contribution in [3.63, 3.8) is 0 Å². The summed E-state index contributed by atoms with van der Waals surface area (Å²) < 4.78 is 27.5. The Labute approximate surface area is 209 Å². The van der Waals surface area contributed by atoms with E-state index in [2.05, 4.69) is 41.5 Å². The van der Waals surface area contributed by atoms with E-state index in [1.807, 2.05) is 13.8 Å². The Morgan fingerprint density at radius 2 is 1.67 bits per heavy atom. The van der Waals surface area contributed by atoms with Crippen molar-refractivity contribution in [3.8, 4) is 0 Å². The maximum Gasteiger partial charge on any atom is 0.155 e. The molecule has 2 fully saturated rings. The van der Waals surface area contributed by atoms with Crippen LogP contribution in [0.25, 0.3) is 0 Å². The van der Waals surface area contributed by atoms with Crippen molar-refractivity contribution in [2.45, 2.75) is 85.0 Å². The number of ether oxygens (including phenoxy) is 3. The Kier molecular flexibility index (Phi) is 17.0. The van der Waals surface area contributed by atoms with E-state index in [1.54, 1.807) is 0 Å². The zero-order chi connectivity index (χ0) is 19.3. The third-order valence-corrected chi connectivity index (χ3v) is 5.89. The molecule has 3 radical (unpaired) electrons. The van der Waals surface area contributed by atoms with Crippen LogP contribution in [-0.4, -0.2) is 50.5 Å². The summed E-state index contributed by atoms with van der Waals surface area (Å²) in [6.45, 7) is 18.5. The summed E-state index contributed by atoms with van der Waals surface area (Å²) in [7, 11) is 6.00. The van der Waals surface area contributed by atoms with E-state index in [9.17, 15) is 4.57 Å². The van der Waals surface area contributed by atoms with Crippen molar-refractivity contribution in [3.05, 3.63) is 6.92 Å². The van der Waals surface area contributed by atoms with Gasteiger partial charge < -0.3 is 21.1 Å². The van der Waals surface area contributed by atoms with Crippen LogP contribution in [0.5, 0.6) is 0 Å². The fourth-order valence-corrected chi connectivity index (χ4v) is 4.28. The van der Waals surface area contributed by atoms with Crippen molar-refractivity contribution >= 4 is 16.3 Å². The number of hydrogen-bond acceptors (Lipinski definition) is 4. The minimum absolute atomic E-state index is 0. The van der Waals surface area contributed by atoms with E-state index in [-0.39, 0.29) is 98.8 Å². The Morgan fingerprint density at radius 1 is 1.11 bits per heavy atom. The second kappa shape index (κ2) is 14.8. The van der Waals surface area contributed by atoms with Gasteiger partial charge in [0.1, 0.15) is 7.85 Å². The average molecular weight is 642 g/mol. The van der Waals surface area contributed by atoms with Crippen LogP contribution in [0.2, 0.25) is 0 Å². The number of rotatable bonds is 5. The van der Waals surface area contributed by atoms with Crippen LogP contribution >= 0.6 is 8.46 Å². The molecule has 0 aromatic carbocycles. The predicted octanol–water partition coefficient (Wildman–Crippen LogP) is 4.11. The van der Waals surface area contributed by atoms with Gasteiger partial charge in [0.2, 0.25) is 0 Å². The molecule has 2 rings (SSSR count). The van der Waals surface area contributed by atoms with Crippen molar-refractivity contribution < 1.29 is 72.6 Å². The molecule has 0 aromatic rings. The minimum atomic E-state index is -0.181. The zero-order valence-corrected chi connectivity index (χ0v) is 24.5. The van der Waals surface area contributed by atoms with Gasteiger partial charge in [-0.15, -0.1) is 0 Å². The molecule has 2 aliphatic heterocycles. The molecule has 0 saturated carbocycles. The second-order valence-electron chi connectivity index (χ2n) is 8.03. The van der Waals surface area contributed by atoms with E-state index >= 15 is 0 Å². The van der Waals surface area contributed by atoms with Gasteiger partial charge in [-0.05, 0) is 38.7 Å². The van der Waals surface area contributed by atoms with Crippen LogP contribution in [0.15, 0.2) is 0 Å². The first-order valence-corrected chi connectivity index (χ1v) is 10.4. The quantitative estimate of drug-likeness (QED) is 0.258. The third kappa shape index (κ3) is 9.24. The molecule has 4 nitrogen and oxygen atoms in total. The molecule has 2 aliphatic rings. The van der Waals surface area contributed by atoms with E-state index in [0.717, 1.165) is 0 Å². The zero-order valence-electron chi connectivity index (χ0n) is 17.8. The summed E-state index contributed by atoms with van der Waals surface area (Å²) >= 11 is 0. The summed E-state index contributed by atoms with van der Waals surface area (Å²) in [5.74, 6) is 1.56. The molecule has 0 bridgehead atoms. The molecular formula is C19H35BO4PWY-. The van der Waals surface area contributed by atoms with E-state index in [0.29, 0.717) is 29.8 Å². The average Bonchev–Trinajstić information content (AvgIpc) is 2.93. The third-order valence-electron chi connectivity index (χ3n) is 5.32. The number of hydrogen-bond donors (Lipinski definition) is 0. The summed E-state index contributed by atoms with van der Waals surface area (Å²) in [6.07, 6.45) is 1.54. The van der Waals surface area contributed by atoms with Crippen molar-refractivity contribution in [2.24, 2.45) is 23.7 Å². The van der Waals surface area contributed by atoms with Crippen LogP contribution in [0, 0.1) is 30.6 Å². The largest absolute Gasteiger partial charge is 0.404 e. The Hall–Kier alpha value is 1.84. The smallest absolute Gasteiger partial charge is 0.155 e. The first kappa shape index (κ1) is 31.0. The van der Waals surface area contributed by atoms with Crippen molar-refractivity contribution in [2.75, 3.05) is 6.16 Å². The molecule has 0 amide bonds. The van der Waals surface area contributed by atoms with Gasteiger partial charge in [0.25, 0.3) is 0 Å². The van der Waals surface area contributed by atoms with Gasteiger partial charge in [0, 0.05) is 77.8 Å². The first-order chi connectivity index (χ1) is 11.6. The molecule has 0 aromatic heterocycles. The standard InChI is InChI=1S/C10H19O2.C9H16BO2P.W.Y/c1-6(2)11-10-7(3)8(4)12-9(10)5;1-5(2)8-7(4-13-11)6(3)9(10)12-8;;/h6-10H,5H2,1-4H3;5-9H,4H2,1-3H3;;/q-1;;;/t7-,8+,9-,10?;6-,7?,8+,9+;;/m10../s1. The van der Waals surface area contributed by atoms with Gasteiger partial charge in [-0.1, -0.05) is 27.7 Å². The molecule has 8 heteroatoms. The summed E-state index contributed by atoms with van der Waals surface area (Å²) in [5.41, 5.74) is 0. The van der Waals surface area contributed by atoms with Crippen LogP contribution < -0.4 is 0 Å². The van der Waals surface area contributed by atoms with Crippen LogP contribution in [0.3, 0.4) is 0 Å². The fraction of sp³-hybridized carbons (Fsp3) is 0.947. The van der Waals surface area contributed by atoms with Crippen LogP contribution in [0.4, 0.5) is 0 Å². The summed E-state index contributed by atoms with van der Waals surface area (Å²) in [4.78, 5) is 0. The summed E-state index contributed by atoms with van der Waals surface area (Å²) in [5, 5.41) is 0. The maximum absolute atomic E-state index is 10.6. The Bertz CT molecular complexity index is 419. The molecule has 0 aliphatic carbocycles. The van der Waals surface area contributed by atoms with Gasteiger partial charge in [-0.25, -0.2) is 0 Å². The predicted molar refractivity (Wildman–Crippen MR) is 103 cm³/mol. The molecule has 27 heavy (non-hydrogen) atoms. The molecule has 0 spiro atoms. The van der Waals surface area contributed by atoms with Crippen LogP contribution in [0.1, 0.15) is 48.5 Å². The van der Waals surface area contributed by atoms with Gasteiger partial charge in [0.05, 0.1) is 24.4 Å². The topological polar surface area (TPSA) is 44.8 Å². The molecule has 0 N–H and O–H groups in total. The molecule has 153 valence electrons. The summed E-state index contributed by atoms with van der Waals surface area (Å²) in [6, 6.07) is -0.181. The maximum atomic E-state index is 10.6. The molecule has 8 atom stereocenters. The second-order valence-corrected chi connectivity index (χ2v) is 8.66. The van der Waals surface area contributed by atoms with Crippen molar-refractivity contribution in [1.29, 1.82) is 0 Å². The van der Waals surface area contributed by atoms with Gasteiger partial charge in [-0.2, -0.15) is 0 Å². The van der Waals surface area contributed by atoms with E-state index in [1.165, 1.54) is 0 Å². The molecule has 2 heterocycles. The molecule has 2 unspecified atom stereocenters. The SMILES string of the molecule is [B][C@@H]1O[C@H](C(C)C)C(CP=O)[C@@H]1C.[CH2-][C@H]1O[C@@H](C)[C@@H](C)C1OC(C)C.[W].[Y]. The van der Waals surface area contributed by atoms with E-state index in [4.69, 9.17) is 22.1 Å².